The molecule has 0 spiro atoms. The number of nitrogens with zero attached hydrogens (tertiary/aromatic N) is 3. The van der Waals surface area contributed by atoms with Crippen LogP contribution in [0.5, 0.6) is 0 Å². The van der Waals surface area contributed by atoms with E-state index in [9.17, 15) is 19.5 Å². The Morgan fingerprint density at radius 2 is 2.00 bits per heavy atom. The van der Waals surface area contributed by atoms with Gasteiger partial charge in [-0.3, -0.25) is 9.69 Å². The number of carbonyl (C=O) groups excluding carboxylic acids is 2. The highest BCUT2D eigenvalue weighted by atomic mass is 32.1. The Morgan fingerprint density at radius 1 is 1.30 bits per heavy atom. The number of ether oxygens (including phenoxy) is 2. The number of thiophene rings is 1. The van der Waals surface area contributed by atoms with Crippen LogP contribution in [0.3, 0.4) is 0 Å². The smallest absolute Gasteiger partial charge is 0.332 e. The standard InChI is InChI=1S/C22H29N3O7S/c1-14-15(2)19(33-17(14)18-23-7-11-32-18)24(8-12-31-16-5-9-30-10-6-16)21(29)25(13-26)22(3,4)20(27)28/h7,11,13,16H,5-6,8-10,12H2,1-4H3,(H,27,28). The number of aromatic nitrogens is 1. The Morgan fingerprint density at radius 3 is 2.58 bits per heavy atom. The van der Waals surface area contributed by atoms with E-state index in [1.165, 1.54) is 42.5 Å². The molecule has 3 heterocycles. The third-order valence-corrected chi connectivity index (χ3v) is 7.20. The third-order valence-electron chi connectivity index (χ3n) is 5.80. The Bertz CT molecular complexity index is 981. The molecule has 1 fully saturated rings. The quantitative estimate of drug-likeness (QED) is 0.543. The summed E-state index contributed by atoms with van der Waals surface area (Å²) < 4.78 is 16.7. The molecule has 2 aromatic rings. The summed E-state index contributed by atoms with van der Waals surface area (Å²) in [6.45, 7) is 7.99. The lowest BCUT2D eigenvalue weighted by Gasteiger charge is -2.34. The van der Waals surface area contributed by atoms with E-state index in [-0.39, 0.29) is 25.7 Å². The largest absolute Gasteiger partial charge is 0.480 e. The summed E-state index contributed by atoms with van der Waals surface area (Å²) in [4.78, 5) is 44.2. The molecular formula is C22H29N3O7S. The van der Waals surface area contributed by atoms with Gasteiger partial charge < -0.3 is 19.0 Å². The number of hydrogen-bond acceptors (Lipinski definition) is 8. The highest BCUT2D eigenvalue weighted by Crippen LogP contribution is 2.41. The highest BCUT2D eigenvalue weighted by Gasteiger charge is 2.41. The Kier molecular flexibility index (Phi) is 7.88. The summed E-state index contributed by atoms with van der Waals surface area (Å²) >= 11 is 1.30. The van der Waals surface area contributed by atoms with Crippen molar-refractivity contribution in [3.63, 3.8) is 0 Å². The Hall–Kier alpha value is -2.76. The van der Waals surface area contributed by atoms with Crippen LogP contribution < -0.4 is 4.90 Å². The van der Waals surface area contributed by atoms with Crippen molar-refractivity contribution in [2.45, 2.75) is 52.2 Å². The molecule has 2 aromatic heterocycles. The fraction of sp³-hybridized carbons (Fsp3) is 0.545. The summed E-state index contributed by atoms with van der Waals surface area (Å²) in [6, 6.07) is -0.740. The van der Waals surface area contributed by atoms with E-state index < -0.39 is 17.5 Å². The maximum absolute atomic E-state index is 13.5. The zero-order chi connectivity index (χ0) is 24.2. The van der Waals surface area contributed by atoms with Crippen LogP contribution >= 0.6 is 11.3 Å². The molecule has 3 amide bonds. The van der Waals surface area contributed by atoms with Gasteiger partial charge in [-0.15, -0.1) is 11.3 Å². The van der Waals surface area contributed by atoms with E-state index in [2.05, 4.69) is 4.98 Å². The van der Waals surface area contributed by atoms with Crippen molar-refractivity contribution in [2.75, 3.05) is 31.3 Å². The Labute approximate surface area is 196 Å². The maximum Gasteiger partial charge on any atom is 0.332 e. The predicted molar refractivity (Wildman–Crippen MR) is 121 cm³/mol. The molecule has 180 valence electrons. The van der Waals surface area contributed by atoms with E-state index in [1.807, 2.05) is 13.8 Å². The fourth-order valence-electron chi connectivity index (χ4n) is 3.46. The van der Waals surface area contributed by atoms with Crippen molar-refractivity contribution >= 4 is 34.7 Å². The van der Waals surface area contributed by atoms with E-state index in [0.717, 1.165) is 28.8 Å². The topological polar surface area (TPSA) is 122 Å². The SMILES string of the molecule is Cc1c(-c2ncco2)sc(N(CCOC2CCOCC2)C(=O)N(C=O)C(C)(C)C(=O)O)c1C. The van der Waals surface area contributed by atoms with Crippen LogP contribution in [0.2, 0.25) is 0 Å². The molecule has 3 rings (SSSR count). The molecule has 0 radical (unpaired) electrons. The molecular weight excluding hydrogens is 450 g/mol. The molecule has 0 saturated carbocycles. The molecule has 0 atom stereocenters. The van der Waals surface area contributed by atoms with Crippen LogP contribution in [0.4, 0.5) is 9.80 Å². The van der Waals surface area contributed by atoms with Gasteiger partial charge in [0.05, 0.1) is 30.3 Å². The van der Waals surface area contributed by atoms with Crippen LogP contribution in [0.1, 0.15) is 37.8 Å². The summed E-state index contributed by atoms with van der Waals surface area (Å²) in [5.41, 5.74) is -0.0353. The number of hydrogen-bond donors (Lipinski definition) is 1. The van der Waals surface area contributed by atoms with Gasteiger partial charge in [0, 0.05) is 13.2 Å². The average molecular weight is 480 g/mol. The number of imide groups is 1. The molecule has 1 aliphatic rings. The van der Waals surface area contributed by atoms with Crippen molar-refractivity contribution in [2.24, 2.45) is 0 Å². The fourth-order valence-corrected chi connectivity index (χ4v) is 4.74. The van der Waals surface area contributed by atoms with Crippen LogP contribution in [0.15, 0.2) is 16.9 Å². The summed E-state index contributed by atoms with van der Waals surface area (Å²) in [6.07, 6.45) is 4.84. The van der Waals surface area contributed by atoms with Gasteiger partial charge in [-0.1, -0.05) is 0 Å². The van der Waals surface area contributed by atoms with E-state index in [4.69, 9.17) is 13.9 Å². The normalized spacial score (nSPS) is 14.8. The van der Waals surface area contributed by atoms with Crippen LogP contribution in [-0.2, 0) is 19.1 Å². The Balaban J connectivity index is 1.93. The van der Waals surface area contributed by atoms with Gasteiger partial charge in [0.1, 0.15) is 16.8 Å². The van der Waals surface area contributed by atoms with Gasteiger partial charge in [0.15, 0.2) is 0 Å². The van der Waals surface area contributed by atoms with Crippen LogP contribution in [0, 0.1) is 13.8 Å². The first-order valence-electron chi connectivity index (χ1n) is 10.7. The number of aliphatic carboxylic acids is 1. The number of carbonyl (C=O) groups is 3. The number of rotatable bonds is 9. The first-order chi connectivity index (χ1) is 15.7. The van der Waals surface area contributed by atoms with Crippen molar-refractivity contribution in [1.82, 2.24) is 9.88 Å². The highest BCUT2D eigenvalue weighted by molar-refractivity contribution is 7.20. The molecule has 10 nitrogen and oxygen atoms in total. The van der Waals surface area contributed by atoms with Crippen molar-refractivity contribution in [3.05, 3.63) is 23.6 Å². The molecule has 1 saturated heterocycles. The van der Waals surface area contributed by atoms with Crippen LogP contribution in [0.25, 0.3) is 10.8 Å². The third kappa shape index (κ3) is 5.26. The number of oxazole rings is 1. The van der Waals surface area contributed by atoms with Gasteiger partial charge in [-0.2, -0.15) is 0 Å². The van der Waals surface area contributed by atoms with Crippen molar-refractivity contribution in [3.8, 4) is 10.8 Å². The van der Waals surface area contributed by atoms with Gasteiger partial charge in [0.25, 0.3) is 0 Å². The summed E-state index contributed by atoms with van der Waals surface area (Å²) in [5, 5.41) is 10.2. The van der Waals surface area contributed by atoms with Gasteiger partial charge in [-0.25, -0.2) is 19.5 Å². The molecule has 1 N–H and O–H groups in total. The second-order valence-corrected chi connectivity index (χ2v) is 9.28. The molecule has 0 bridgehead atoms. The number of amides is 3. The number of carboxylic acid groups (broad SMARTS) is 1. The van der Waals surface area contributed by atoms with Gasteiger partial charge in [-0.05, 0) is 51.7 Å². The van der Waals surface area contributed by atoms with Crippen molar-refractivity contribution in [1.29, 1.82) is 0 Å². The van der Waals surface area contributed by atoms with E-state index in [1.54, 1.807) is 0 Å². The number of carboxylic acids is 1. The minimum atomic E-state index is -1.73. The van der Waals surface area contributed by atoms with Gasteiger partial charge in [0.2, 0.25) is 12.3 Å². The predicted octanol–water partition coefficient (Wildman–Crippen LogP) is 3.46. The average Bonchev–Trinajstić information content (AvgIpc) is 3.41. The van der Waals surface area contributed by atoms with E-state index in [0.29, 0.717) is 29.0 Å². The van der Waals surface area contributed by atoms with Gasteiger partial charge >= 0.3 is 12.0 Å². The zero-order valence-corrected chi connectivity index (χ0v) is 20.0. The lowest BCUT2D eigenvalue weighted by molar-refractivity contribution is -0.150. The minimum absolute atomic E-state index is 0.0300. The lowest BCUT2D eigenvalue weighted by Crippen LogP contribution is -2.57. The molecule has 0 aromatic carbocycles. The molecule has 0 unspecified atom stereocenters. The minimum Gasteiger partial charge on any atom is -0.480 e. The second-order valence-electron chi connectivity index (χ2n) is 8.28. The molecule has 1 aliphatic heterocycles. The molecule has 33 heavy (non-hydrogen) atoms. The van der Waals surface area contributed by atoms with Crippen molar-refractivity contribution < 1.29 is 33.4 Å². The second kappa shape index (κ2) is 10.4. The first-order valence-corrected chi connectivity index (χ1v) is 11.5. The summed E-state index contributed by atoms with van der Waals surface area (Å²) in [7, 11) is 0. The van der Waals surface area contributed by atoms with E-state index >= 15 is 0 Å². The zero-order valence-electron chi connectivity index (χ0n) is 19.2. The molecule has 11 heteroatoms. The maximum atomic E-state index is 13.5. The number of anilines is 1. The van der Waals surface area contributed by atoms with Crippen LogP contribution in [-0.4, -0.2) is 71.4 Å². The first kappa shape index (κ1) is 24.9. The summed E-state index contributed by atoms with van der Waals surface area (Å²) in [5.74, 6) is -0.864. The lowest BCUT2D eigenvalue weighted by atomic mass is 10.0. The monoisotopic (exact) mass is 479 g/mol. The number of urea groups is 1. The molecule has 0 aliphatic carbocycles.